The molecular weight excluding hydrogens is 352 g/mol. The SMILES string of the molecule is NC(O)c1cnn2cc(C3=CC=CCC3)cc2c1NC1C2CC3(O)CC2CC13. The molecule has 5 N–H and O–H groups in total. The van der Waals surface area contributed by atoms with Crippen molar-refractivity contribution in [3.63, 3.8) is 0 Å². The minimum absolute atomic E-state index is 0.239. The van der Waals surface area contributed by atoms with Crippen LogP contribution >= 0.6 is 0 Å². The van der Waals surface area contributed by atoms with Gasteiger partial charge in [-0.15, -0.1) is 0 Å². The van der Waals surface area contributed by atoms with E-state index in [0.717, 1.165) is 48.9 Å². The Hall–Kier alpha value is -2.15. The van der Waals surface area contributed by atoms with Crippen LogP contribution < -0.4 is 11.1 Å². The summed E-state index contributed by atoms with van der Waals surface area (Å²) >= 11 is 0. The summed E-state index contributed by atoms with van der Waals surface area (Å²) in [6, 6.07) is 2.38. The van der Waals surface area contributed by atoms with Crippen LogP contribution in [0, 0.1) is 17.8 Å². The Morgan fingerprint density at radius 2 is 2.25 bits per heavy atom. The molecule has 6 nitrogen and oxygen atoms in total. The van der Waals surface area contributed by atoms with Crippen molar-refractivity contribution in [2.45, 2.75) is 50.0 Å². The maximum atomic E-state index is 10.9. The van der Waals surface area contributed by atoms with Crippen molar-refractivity contribution in [3.8, 4) is 0 Å². The molecule has 4 bridgehead atoms. The third-order valence-corrected chi connectivity index (χ3v) is 7.63. The summed E-state index contributed by atoms with van der Waals surface area (Å²) in [6.07, 6.45) is 14.1. The van der Waals surface area contributed by atoms with Gasteiger partial charge in [0.15, 0.2) is 0 Å². The minimum atomic E-state index is -1.09. The topological polar surface area (TPSA) is 95.8 Å². The Morgan fingerprint density at radius 1 is 1.36 bits per heavy atom. The van der Waals surface area contributed by atoms with E-state index in [1.54, 1.807) is 6.20 Å². The first-order valence-electron chi connectivity index (χ1n) is 10.3. The average molecular weight is 378 g/mol. The van der Waals surface area contributed by atoms with Crippen molar-refractivity contribution in [1.82, 2.24) is 9.61 Å². The number of fused-ring (bicyclic) bond motifs is 1. The Labute approximate surface area is 163 Å². The molecule has 0 amide bonds. The lowest BCUT2D eigenvalue weighted by molar-refractivity contribution is 0.0250. The molecule has 146 valence electrons. The van der Waals surface area contributed by atoms with Crippen molar-refractivity contribution in [2.75, 3.05) is 5.32 Å². The van der Waals surface area contributed by atoms with E-state index in [-0.39, 0.29) is 6.04 Å². The van der Waals surface area contributed by atoms with Crippen LogP contribution in [0.3, 0.4) is 0 Å². The highest BCUT2D eigenvalue weighted by Gasteiger charge is 2.67. The lowest BCUT2D eigenvalue weighted by Gasteiger charge is -2.29. The standard InChI is InChI=1S/C22H26N4O2/c23-21(27)16-10-24-26-11-14(12-4-2-1-3-5-12)7-18(26)20(16)25-19-15-9-22(28)8-13(15)6-17(19)22/h1-2,4,7,10-11,13,15,17,19,21,25,27-28H,3,5-6,8-9,23H2. The van der Waals surface area contributed by atoms with Gasteiger partial charge in [0.1, 0.15) is 6.23 Å². The molecule has 7 rings (SSSR count). The molecule has 6 heteroatoms. The fourth-order valence-corrected chi connectivity index (χ4v) is 6.42. The van der Waals surface area contributed by atoms with Crippen LogP contribution in [0.5, 0.6) is 0 Å². The quantitative estimate of drug-likeness (QED) is 0.614. The summed E-state index contributed by atoms with van der Waals surface area (Å²) in [5.41, 5.74) is 10.2. The number of aliphatic hydroxyl groups is 2. The Bertz CT molecular complexity index is 1020. The van der Waals surface area contributed by atoms with Crippen molar-refractivity contribution >= 4 is 16.8 Å². The molecule has 0 aliphatic heterocycles. The highest BCUT2D eigenvalue weighted by molar-refractivity contribution is 5.81. The first-order valence-corrected chi connectivity index (χ1v) is 10.3. The van der Waals surface area contributed by atoms with E-state index in [1.807, 2.05) is 10.7 Å². The lowest BCUT2D eigenvalue weighted by Crippen LogP contribution is -2.37. The first-order chi connectivity index (χ1) is 13.5. The summed E-state index contributed by atoms with van der Waals surface area (Å²) in [5, 5.41) is 29.3. The summed E-state index contributed by atoms with van der Waals surface area (Å²) in [5.74, 6) is 1.42. The Balaban J connectivity index is 1.43. The monoisotopic (exact) mass is 378 g/mol. The van der Waals surface area contributed by atoms with E-state index >= 15 is 0 Å². The third-order valence-electron chi connectivity index (χ3n) is 7.63. The molecule has 2 heterocycles. The van der Waals surface area contributed by atoms with Gasteiger partial charge in [0.25, 0.3) is 0 Å². The van der Waals surface area contributed by atoms with E-state index in [1.165, 1.54) is 5.57 Å². The zero-order valence-corrected chi connectivity index (χ0v) is 15.8. The van der Waals surface area contributed by atoms with Gasteiger partial charge in [-0.2, -0.15) is 5.10 Å². The molecule has 5 aliphatic rings. The smallest absolute Gasteiger partial charge is 0.132 e. The predicted octanol–water partition coefficient (Wildman–Crippen LogP) is 2.59. The van der Waals surface area contributed by atoms with Gasteiger partial charge >= 0.3 is 0 Å². The molecule has 0 spiro atoms. The Morgan fingerprint density at radius 3 is 2.89 bits per heavy atom. The molecule has 0 radical (unpaired) electrons. The molecule has 6 atom stereocenters. The molecule has 4 fully saturated rings. The highest BCUT2D eigenvalue weighted by Crippen LogP contribution is 2.65. The number of aromatic nitrogens is 2. The normalized spacial score (nSPS) is 36.5. The summed E-state index contributed by atoms with van der Waals surface area (Å²) < 4.78 is 1.87. The van der Waals surface area contributed by atoms with Crippen LogP contribution in [-0.4, -0.2) is 31.5 Å². The largest absolute Gasteiger partial charge is 0.389 e. The number of rotatable bonds is 4. The van der Waals surface area contributed by atoms with Crippen LogP contribution in [0.4, 0.5) is 5.69 Å². The number of aliphatic hydroxyl groups excluding tert-OH is 1. The number of allylic oxidation sites excluding steroid dienone is 4. The first kappa shape index (κ1) is 16.8. The van der Waals surface area contributed by atoms with Gasteiger partial charge in [-0.1, -0.05) is 18.2 Å². The van der Waals surface area contributed by atoms with Gasteiger partial charge in [-0.3, -0.25) is 0 Å². The number of nitrogens with zero attached hydrogens (tertiary/aromatic N) is 2. The average Bonchev–Trinajstić information content (AvgIpc) is 3.44. The van der Waals surface area contributed by atoms with E-state index in [0.29, 0.717) is 23.3 Å². The van der Waals surface area contributed by atoms with Crippen molar-refractivity contribution in [3.05, 3.63) is 47.8 Å². The third kappa shape index (κ3) is 2.22. The predicted molar refractivity (Wildman–Crippen MR) is 107 cm³/mol. The lowest BCUT2D eigenvalue weighted by atomic mass is 9.91. The van der Waals surface area contributed by atoms with E-state index in [4.69, 9.17) is 5.73 Å². The van der Waals surface area contributed by atoms with Crippen LogP contribution in [0.2, 0.25) is 0 Å². The fourth-order valence-electron chi connectivity index (χ4n) is 6.42. The maximum absolute atomic E-state index is 10.9. The number of hydrogen-bond acceptors (Lipinski definition) is 5. The van der Waals surface area contributed by atoms with Gasteiger partial charge in [-0.05, 0) is 61.1 Å². The highest BCUT2D eigenvalue weighted by atomic mass is 16.3. The van der Waals surface area contributed by atoms with Crippen LogP contribution in [0.25, 0.3) is 11.1 Å². The summed E-state index contributed by atoms with van der Waals surface area (Å²) in [4.78, 5) is 0. The molecule has 4 saturated carbocycles. The molecule has 0 saturated heterocycles. The second-order valence-corrected chi connectivity index (χ2v) is 9.09. The van der Waals surface area contributed by atoms with Crippen molar-refractivity contribution in [1.29, 1.82) is 0 Å². The number of nitrogens with two attached hydrogens (primary N) is 1. The van der Waals surface area contributed by atoms with Gasteiger partial charge in [-0.25, -0.2) is 4.52 Å². The van der Waals surface area contributed by atoms with Crippen LogP contribution in [0.15, 0.2) is 36.7 Å². The molecule has 6 unspecified atom stereocenters. The zero-order chi connectivity index (χ0) is 19.0. The fraction of sp³-hybridized carbons (Fsp3) is 0.500. The number of nitrogens with one attached hydrogen (secondary N) is 1. The number of anilines is 1. The molecule has 2 aromatic rings. The van der Waals surface area contributed by atoms with Crippen molar-refractivity contribution in [2.24, 2.45) is 23.5 Å². The molecule has 5 aliphatic carbocycles. The second-order valence-electron chi connectivity index (χ2n) is 9.09. The van der Waals surface area contributed by atoms with Crippen LogP contribution in [-0.2, 0) is 0 Å². The number of hydrogen-bond donors (Lipinski definition) is 4. The minimum Gasteiger partial charge on any atom is -0.389 e. The van der Waals surface area contributed by atoms with E-state index in [9.17, 15) is 10.2 Å². The zero-order valence-electron chi connectivity index (χ0n) is 15.8. The van der Waals surface area contributed by atoms with Gasteiger partial charge in [0.2, 0.25) is 0 Å². The van der Waals surface area contributed by atoms with Gasteiger partial charge in [0, 0.05) is 23.7 Å². The van der Waals surface area contributed by atoms with E-state index < -0.39 is 11.8 Å². The van der Waals surface area contributed by atoms with Crippen LogP contribution in [0.1, 0.15) is 49.5 Å². The molecule has 2 aromatic heterocycles. The summed E-state index contributed by atoms with van der Waals surface area (Å²) in [6.45, 7) is 0. The Kier molecular flexibility index (Phi) is 3.41. The van der Waals surface area contributed by atoms with Crippen molar-refractivity contribution < 1.29 is 10.2 Å². The second kappa shape index (κ2) is 5.69. The van der Waals surface area contributed by atoms with Gasteiger partial charge in [0.05, 0.1) is 23.0 Å². The maximum Gasteiger partial charge on any atom is 0.132 e. The van der Waals surface area contributed by atoms with E-state index in [2.05, 4.69) is 34.7 Å². The summed E-state index contributed by atoms with van der Waals surface area (Å²) in [7, 11) is 0. The molecule has 0 aromatic carbocycles. The van der Waals surface area contributed by atoms with Gasteiger partial charge < -0.3 is 21.3 Å². The molecule has 28 heavy (non-hydrogen) atoms. The molecular formula is C22H26N4O2.